The molecule has 0 spiro atoms. The summed E-state index contributed by atoms with van der Waals surface area (Å²) in [5.41, 5.74) is 7.77. The van der Waals surface area contributed by atoms with E-state index in [1.165, 1.54) is 23.9 Å². The first-order valence-electron chi connectivity index (χ1n) is 8.83. The lowest BCUT2D eigenvalue weighted by molar-refractivity contribution is -0.139. The van der Waals surface area contributed by atoms with Crippen LogP contribution in [0.1, 0.15) is 57.2 Å². The summed E-state index contributed by atoms with van der Waals surface area (Å²) >= 11 is 0. The normalized spacial score (nSPS) is 16.8. The number of aliphatic carboxylic acids is 1. The first-order valence-corrected chi connectivity index (χ1v) is 8.83. The maximum absolute atomic E-state index is 12.4. The van der Waals surface area contributed by atoms with Gasteiger partial charge in [0.15, 0.2) is 0 Å². The summed E-state index contributed by atoms with van der Waals surface area (Å²) < 4.78 is 0. The molecule has 4 N–H and O–H groups in total. The van der Waals surface area contributed by atoms with Crippen molar-refractivity contribution in [3.63, 3.8) is 0 Å². The molecular formula is C20H21N3O4. The zero-order valence-electron chi connectivity index (χ0n) is 14.7. The molecule has 0 saturated carbocycles. The van der Waals surface area contributed by atoms with Crippen LogP contribution < -0.4 is 11.1 Å². The van der Waals surface area contributed by atoms with E-state index in [0.29, 0.717) is 6.42 Å². The number of nitrogens with one attached hydrogen (secondary N) is 1. The number of nitrogens with two attached hydrogens (primary N) is 1. The molecule has 1 aliphatic carbocycles. The number of amides is 2. The fourth-order valence-corrected chi connectivity index (χ4v) is 3.51. The number of carboxylic acid groups (broad SMARTS) is 1. The van der Waals surface area contributed by atoms with Gasteiger partial charge < -0.3 is 16.2 Å². The number of aromatic nitrogens is 1. The summed E-state index contributed by atoms with van der Waals surface area (Å²) in [4.78, 5) is 39.0. The van der Waals surface area contributed by atoms with Crippen LogP contribution in [0.5, 0.6) is 0 Å². The van der Waals surface area contributed by atoms with Crippen molar-refractivity contribution < 1.29 is 19.5 Å². The molecule has 0 radical (unpaired) electrons. The number of rotatable bonds is 6. The first kappa shape index (κ1) is 18.6. The molecule has 1 aromatic heterocycles. The van der Waals surface area contributed by atoms with Crippen molar-refractivity contribution in [2.75, 3.05) is 0 Å². The lowest BCUT2D eigenvalue weighted by atomic mass is 9.79. The Kier molecular flexibility index (Phi) is 5.49. The minimum atomic E-state index is -1.08. The van der Waals surface area contributed by atoms with Gasteiger partial charge >= 0.3 is 5.97 Å². The summed E-state index contributed by atoms with van der Waals surface area (Å²) in [6, 6.07) is 9.76. The predicted octanol–water partition coefficient (Wildman–Crippen LogP) is 1.87. The van der Waals surface area contributed by atoms with Crippen molar-refractivity contribution in [1.29, 1.82) is 0 Å². The van der Waals surface area contributed by atoms with Crippen molar-refractivity contribution in [3.8, 4) is 0 Å². The van der Waals surface area contributed by atoms with Crippen molar-refractivity contribution in [2.24, 2.45) is 5.73 Å². The standard InChI is InChI=1S/C20H21N3O4/c21-18(24)14-8-9-16(22-11-14)19(25)23-17(20(26)27)10-13-6-3-5-12-4-1-2-7-15(12)13/h1-2,4,7-9,11,13,17H,3,5-6,10H2,(H2,21,24)(H,23,25)(H,26,27). The Morgan fingerprint density at radius 3 is 2.67 bits per heavy atom. The monoisotopic (exact) mass is 367 g/mol. The van der Waals surface area contributed by atoms with Crippen molar-refractivity contribution in [1.82, 2.24) is 10.3 Å². The van der Waals surface area contributed by atoms with Gasteiger partial charge in [-0.3, -0.25) is 14.6 Å². The van der Waals surface area contributed by atoms with Crippen LogP contribution in [-0.2, 0) is 11.2 Å². The number of hydrogen-bond donors (Lipinski definition) is 3. The van der Waals surface area contributed by atoms with Gasteiger partial charge in [-0.2, -0.15) is 0 Å². The molecule has 0 aliphatic heterocycles. The van der Waals surface area contributed by atoms with E-state index < -0.39 is 23.8 Å². The zero-order chi connectivity index (χ0) is 19.4. The third kappa shape index (κ3) is 4.31. The first-order chi connectivity index (χ1) is 13.0. The molecule has 2 unspecified atom stereocenters. The Morgan fingerprint density at radius 2 is 2.00 bits per heavy atom. The third-order valence-corrected chi connectivity index (χ3v) is 4.90. The molecule has 1 aliphatic rings. The fourth-order valence-electron chi connectivity index (χ4n) is 3.51. The van der Waals surface area contributed by atoms with Crippen LogP contribution in [0.3, 0.4) is 0 Å². The van der Waals surface area contributed by atoms with Gasteiger partial charge in [-0.15, -0.1) is 0 Å². The van der Waals surface area contributed by atoms with Gasteiger partial charge in [0.05, 0.1) is 5.56 Å². The zero-order valence-corrected chi connectivity index (χ0v) is 14.7. The van der Waals surface area contributed by atoms with E-state index in [-0.39, 0.29) is 17.2 Å². The van der Waals surface area contributed by atoms with Crippen LogP contribution in [0.2, 0.25) is 0 Å². The molecule has 3 rings (SSSR count). The van der Waals surface area contributed by atoms with Crippen LogP contribution in [0.15, 0.2) is 42.6 Å². The number of primary amides is 1. The number of aryl methyl sites for hydroxylation is 1. The lowest BCUT2D eigenvalue weighted by Crippen LogP contribution is -2.42. The summed E-state index contributed by atoms with van der Waals surface area (Å²) in [6.07, 6.45) is 4.40. The van der Waals surface area contributed by atoms with Crippen LogP contribution in [0.4, 0.5) is 0 Å². The second-order valence-electron chi connectivity index (χ2n) is 6.68. The van der Waals surface area contributed by atoms with Crippen molar-refractivity contribution >= 4 is 17.8 Å². The van der Waals surface area contributed by atoms with E-state index >= 15 is 0 Å². The quantitative estimate of drug-likeness (QED) is 0.719. The highest BCUT2D eigenvalue weighted by molar-refractivity contribution is 5.96. The maximum atomic E-state index is 12.4. The van der Waals surface area contributed by atoms with Gasteiger partial charge in [-0.05, 0) is 54.9 Å². The molecule has 2 amide bonds. The molecule has 2 aromatic rings. The molecule has 0 saturated heterocycles. The Morgan fingerprint density at radius 1 is 1.22 bits per heavy atom. The largest absolute Gasteiger partial charge is 0.480 e. The topological polar surface area (TPSA) is 122 Å². The molecular weight excluding hydrogens is 346 g/mol. The van der Waals surface area contributed by atoms with E-state index in [0.717, 1.165) is 24.8 Å². The minimum Gasteiger partial charge on any atom is -0.480 e. The molecule has 7 heteroatoms. The average molecular weight is 367 g/mol. The van der Waals surface area contributed by atoms with E-state index in [4.69, 9.17) is 5.73 Å². The van der Waals surface area contributed by atoms with Gasteiger partial charge in [-0.25, -0.2) is 4.79 Å². The number of carbonyl (C=O) groups excluding carboxylic acids is 2. The highest BCUT2D eigenvalue weighted by Gasteiger charge is 2.28. The Balaban J connectivity index is 1.72. The van der Waals surface area contributed by atoms with E-state index in [1.54, 1.807) is 0 Å². The summed E-state index contributed by atoms with van der Waals surface area (Å²) in [7, 11) is 0. The molecule has 2 atom stereocenters. The van der Waals surface area contributed by atoms with Gasteiger partial charge in [0.1, 0.15) is 11.7 Å². The maximum Gasteiger partial charge on any atom is 0.326 e. The molecule has 0 bridgehead atoms. The highest BCUT2D eigenvalue weighted by atomic mass is 16.4. The summed E-state index contributed by atoms with van der Waals surface area (Å²) in [5, 5.41) is 12.1. The minimum absolute atomic E-state index is 0.0373. The van der Waals surface area contributed by atoms with Gasteiger partial charge in [-0.1, -0.05) is 24.3 Å². The number of carbonyl (C=O) groups is 3. The van der Waals surface area contributed by atoms with Gasteiger partial charge in [0.2, 0.25) is 5.91 Å². The summed E-state index contributed by atoms with van der Waals surface area (Å²) in [6.45, 7) is 0. The van der Waals surface area contributed by atoms with Gasteiger partial charge in [0.25, 0.3) is 5.91 Å². The molecule has 27 heavy (non-hydrogen) atoms. The van der Waals surface area contributed by atoms with E-state index in [1.807, 2.05) is 18.2 Å². The predicted molar refractivity (Wildman–Crippen MR) is 98.4 cm³/mol. The molecule has 7 nitrogen and oxygen atoms in total. The van der Waals surface area contributed by atoms with Gasteiger partial charge in [0, 0.05) is 6.20 Å². The number of pyridine rings is 1. The molecule has 1 aromatic carbocycles. The van der Waals surface area contributed by atoms with Crippen LogP contribution in [0, 0.1) is 0 Å². The van der Waals surface area contributed by atoms with E-state index in [9.17, 15) is 19.5 Å². The number of carboxylic acids is 1. The number of fused-ring (bicyclic) bond motifs is 1. The van der Waals surface area contributed by atoms with Crippen LogP contribution >= 0.6 is 0 Å². The molecule has 0 fully saturated rings. The van der Waals surface area contributed by atoms with Crippen molar-refractivity contribution in [3.05, 3.63) is 65.0 Å². The highest BCUT2D eigenvalue weighted by Crippen LogP contribution is 2.34. The Labute approximate surface area is 156 Å². The third-order valence-electron chi connectivity index (χ3n) is 4.90. The fraction of sp³-hybridized carbons (Fsp3) is 0.300. The Hall–Kier alpha value is -3.22. The number of nitrogens with zero attached hydrogens (tertiary/aromatic N) is 1. The number of benzene rings is 1. The summed E-state index contributed by atoms with van der Waals surface area (Å²) in [5.74, 6) is -2.24. The smallest absolute Gasteiger partial charge is 0.326 e. The molecule has 1 heterocycles. The number of hydrogen-bond acceptors (Lipinski definition) is 4. The SMILES string of the molecule is NC(=O)c1ccc(C(=O)NC(CC2CCCc3ccccc32)C(=O)O)nc1. The molecule has 140 valence electrons. The Bertz CT molecular complexity index is 864. The lowest BCUT2D eigenvalue weighted by Gasteiger charge is -2.28. The second kappa shape index (κ2) is 7.99. The van der Waals surface area contributed by atoms with E-state index in [2.05, 4.69) is 16.4 Å². The second-order valence-corrected chi connectivity index (χ2v) is 6.68. The average Bonchev–Trinajstić information content (AvgIpc) is 2.67. The van der Waals surface area contributed by atoms with Crippen molar-refractivity contribution in [2.45, 2.75) is 37.6 Å². The van der Waals surface area contributed by atoms with Crippen LogP contribution in [-0.4, -0.2) is 33.9 Å². The van der Waals surface area contributed by atoms with Crippen LogP contribution in [0.25, 0.3) is 0 Å².